The zero-order chi connectivity index (χ0) is 9.61. The zero-order valence-electron chi connectivity index (χ0n) is 8.78. The first-order chi connectivity index (χ1) is 5.48. The van der Waals surface area contributed by atoms with Crippen molar-refractivity contribution in [2.24, 2.45) is 0 Å². The first kappa shape index (κ1) is 17.0. The third kappa shape index (κ3) is 9.84. The van der Waals surface area contributed by atoms with Crippen LogP contribution in [0.15, 0.2) is 0 Å². The summed E-state index contributed by atoms with van der Waals surface area (Å²) in [5.74, 6) is 0. The van der Waals surface area contributed by atoms with E-state index >= 15 is 0 Å². The molecule has 1 unspecified atom stereocenters. The van der Waals surface area contributed by atoms with Crippen molar-refractivity contribution in [2.75, 3.05) is 0 Å². The Morgan fingerprint density at radius 1 is 1.23 bits per heavy atom. The standard InChI is InChI=1S/C8H18O3S.K/c1-3-4-5-6-7-8(2)12(9,10)11;/h8H,3-7H2,1-2H3,(H,9,10,11);. The molecule has 0 bridgehead atoms. The van der Waals surface area contributed by atoms with E-state index in [2.05, 4.69) is 6.92 Å². The van der Waals surface area contributed by atoms with Gasteiger partial charge >= 0.3 is 0 Å². The van der Waals surface area contributed by atoms with Crippen LogP contribution in [0.4, 0.5) is 0 Å². The maximum Gasteiger partial charge on any atom is 0.267 e. The van der Waals surface area contributed by atoms with Crippen molar-refractivity contribution in [2.45, 2.75) is 51.2 Å². The molecule has 1 N–H and O–H groups in total. The molecule has 0 amide bonds. The van der Waals surface area contributed by atoms with Gasteiger partial charge in [-0.3, -0.25) is 4.55 Å². The summed E-state index contributed by atoms with van der Waals surface area (Å²) in [6, 6.07) is 0. The van der Waals surface area contributed by atoms with Gasteiger partial charge in [-0.1, -0.05) is 32.6 Å². The number of rotatable bonds is 6. The predicted octanol–water partition coefficient (Wildman–Crippen LogP) is 1.85. The Bertz CT molecular complexity index is 201. The fraction of sp³-hybridized carbons (Fsp3) is 1.00. The normalized spacial score (nSPS) is 13.5. The summed E-state index contributed by atoms with van der Waals surface area (Å²) in [7, 11) is -3.79. The molecule has 0 aromatic heterocycles. The Balaban J connectivity index is 0. The molecular weight excluding hydrogens is 215 g/mol. The Kier molecular flexibility index (Phi) is 11.5. The molecule has 0 fully saturated rings. The van der Waals surface area contributed by atoms with Gasteiger partial charge in [-0.25, -0.2) is 0 Å². The summed E-state index contributed by atoms with van der Waals surface area (Å²) in [4.78, 5) is 0. The summed E-state index contributed by atoms with van der Waals surface area (Å²) < 4.78 is 29.7. The predicted molar refractivity (Wildman–Crippen MR) is 55.5 cm³/mol. The molecule has 0 aliphatic heterocycles. The molecule has 0 heterocycles. The van der Waals surface area contributed by atoms with Gasteiger partial charge in [0.05, 0.1) is 5.25 Å². The SMILES string of the molecule is CCCCCCC(C)S(=O)(=O)O.[K]. The van der Waals surface area contributed by atoms with Gasteiger partial charge in [0.1, 0.15) is 0 Å². The van der Waals surface area contributed by atoms with Gasteiger partial charge in [0, 0.05) is 51.4 Å². The van der Waals surface area contributed by atoms with Crippen LogP contribution in [-0.2, 0) is 10.1 Å². The maximum absolute atomic E-state index is 10.6. The number of unbranched alkanes of at least 4 members (excludes halogenated alkanes) is 3. The van der Waals surface area contributed by atoms with E-state index in [1.54, 1.807) is 6.92 Å². The van der Waals surface area contributed by atoms with Crippen LogP contribution in [0, 0.1) is 0 Å². The first-order valence-corrected chi connectivity index (χ1v) is 5.95. The topological polar surface area (TPSA) is 54.4 Å². The maximum atomic E-state index is 10.6. The van der Waals surface area contributed by atoms with Crippen LogP contribution in [0.2, 0.25) is 0 Å². The molecule has 5 heteroatoms. The monoisotopic (exact) mass is 233 g/mol. The van der Waals surface area contributed by atoms with Crippen LogP contribution in [0.5, 0.6) is 0 Å². The second-order valence-corrected chi connectivity index (χ2v) is 5.01. The van der Waals surface area contributed by atoms with E-state index in [4.69, 9.17) is 4.55 Å². The van der Waals surface area contributed by atoms with E-state index < -0.39 is 15.4 Å². The summed E-state index contributed by atoms with van der Waals surface area (Å²) in [6.07, 6.45) is 4.78. The molecule has 1 atom stereocenters. The minimum atomic E-state index is -3.79. The Morgan fingerprint density at radius 2 is 1.77 bits per heavy atom. The molecular formula is C8H18KO3S. The average molecular weight is 233 g/mol. The van der Waals surface area contributed by atoms with Crippen molar-refractivity contribution >= 4 is 61.5 Å². The third-order valence-electron chi connectivity index (χ3n) is 1.97. The quantitative estimate of drug-likeness (QED) is 0.433. The zero-order valence-corrected chi connectivity index (χ0v) is 12.7. The van der Waals surface area contributed by atoms with Gasteiger partial charge in [-0.05, 0) is 13.3 Å². The number of hydrogen-bond acceptors (Lipinski definition) is 2. The largest absolute Gasteiger partial charge is 0.285 e. The van der Waals surface area contributed by atoms with E-state index in [0.29, 0.717) is 6.42 Å². The van der Waals surface area contributed by atoms with Crippen LogP contribution >= 0.6 is 0 Å². The summed E-state index contributed by atoms with van der Waals surface area (Å²) >= 11 is 0. The Morgan fingerprint density at radius 3 is 2.15 bits per heavy atom. The van der Waals surface area contributed by atoms with Gasteiger partial charge in [0.2, 0.25) is 0 Å². The molecule has 0 aliphatic rings. The molecule has 0 aliphatic carbocycles. The molecule has 0 saturated carbocycles. The average Bonchev–Trinajstić information content (AvgIpc) is 1.96. The van der Waals surface area contributed by atoms with Crippen molar-refractivity contribution in [3.05, 3.63) is 0 Å². The fourth-order valence-corrected chi connectivity index (χ4v) is 1.47. The van der Waals surface area contributed by atoms with Gasteiger partial charge in [0.25, 0.3) is 10.1 Å². The third-order valence-corrected chi connectivity index (χ3v) is 3.23. The van der Waals surface area contributed by atoms with E-state index in [-0.39, 0.29) is 51.4 Å². The van der Waals surface area contributed by atoms with Crippen LogP contribution in [0.1, 0.15) is 46.0 Å². The van der Waals surface area contributed by atoms with Crippen molar-refractivity contribution in [3.63, 3.8) is 0 Å². The van der Waals surface area contributed by atoms with Gasteiger partial charge in [0.15, 0.2) is 0 Å². The van der Waals surface area contributed by atoms with Gasteiger partial charge in [-0.2, -0.15) is 8.42 Å². The Labute approximate surface area is 124 Å². The fourth-order valence-electron chi connectivity index (χ4n) is 1.01. The summed E-state index contributed by atoms with van der Waals surface area (Å²) in [5.41, 5.74) is 0. The van der Waals surface area contributed by atoms with Crippen LogP contribution < -0.4 is 0 Å². The van der Waals surface area contributed by atoms with E-state index in [9.17, 15) is 8.42 Å². The van der Waals surface area contributed by atoms with Crippen LogP contribution in [-0.4, -0.2) is 69.6 Å². The summed E-state index contributed by atoms with van der Waals surface area (Å²) in [5, 5.41) is -0.602. The van der Waals surface area contributed by atoms with Crippen molar-refractivity contribution < 1.29 is 13.0 Å². The van der Waals surface area contributed by atoms with E-state index in [0.717, 1.165) is 25.7 Å². The Hall–Kier alpha value is 1.55. The molecule has 3 nitrogen and oxygen atoms in total. The minimum absolute atomic E-state index is 0. The number of hydrogen-bond donors (Lipinski definition) is 1. The molecule has 1 radical (unpaired) electrons. The van der Waals surface area contributed by atoms with Gasteiger partial charge < -0.3 is 0 Å². The molecule has 13 heavy (non-hydrogen) atoms. The summed E-state index contributed by atoms with van der Waals surface area (Å²) in [6.45, 7) is 3.65. The van der Waals surface area contributed by atoms with Crippen LogP contribution in [0.25, 0.3) is 0 Å². The van der Waals surface area contributed by atoms with Gasteiger partial charge in [-0.15, -0.1) is 0 Å². The second kappa shape index (κ2) is 8.82. The smallest absolute Gasteiger partial charge is 0.267 e. The molecule has 0 spiro atoms. The molecule has 0 saturated heterocycles. The first-order valence-electron chi connectivity index (χ1n) is 4.44. The van der Waals surface area contributed by atoms with Crippen LogP contribution in [0.3, 0.4) is 0 Å². The van der Waals surface area contributed by atoms with Crippen molar-refractivity contribution in [1.29, 1.82) is 0 Å². The second-order valence-electron chi connectivity index (χ2n) is 3.17. The molecule has 0 aromatic rings. The molecule has 75 valence electrons. The molecule has 0 aromatic carbocycles. The van der Waals surface area contributed by atoms with Crippen molar-refractivity contribution in [1.82, 2.24) is 0 Å². The molecule has 0 rings (SSSR count). The van der Waals surface area contributed by atoms with Crippen molar-refractivity contribution in [3.8, 4) is 0 Å². The minimum Gasteiger partial charge on any atom is -0.285 e. The van der Waals surface area contributed by atoms with E-state index in [1.807, 2.05) is 0 Å². The van der Waals surface area contributed by atoms with E-state index in [1.165, 1.54) is 0 Å².